The van der Waals surface area contributed by atoms with Crippen LogP contribution in [0.25, 0.3) is 0 Å². The van der Waals surface area contributed by atoms with Crippen molar-refractivity contribution in [2.75, 3.05) is 13.2 Å². The number of hydrogen-bond donors (Lipinski definition) is 3. The van der Waals surface area contributed by atoms with Crippen molar-refractivity contribution in [1.29, 1.82) is 0 Å². The van der Waals surface area contributed by atoms with Gasteiger partial charge in [-0.2, -0.15) is 0 Å². The molecule has 4 nitrogen and oxygen atoms in total. The van der Waals surface area contributed by atoms with E-state index in [9.17, 15) is 15.0 Å². The number of rotatable bonds is 13. The highest BCUT2D eigenvalue weighted by atomic mass is 28.3. The van der Waals surface area contributed by atoms with Crippen molar-refractivity contribution in [3.8, 4) is 0 Å². The summed E-state index contributed by atoms with van der Waals surface area (Å²) >= 11 is 0. The van der Waals surface area contributed by atoms with Crippen LogP contribution in [0.2, 0.25) is 25.7 Å². The van der Waals surface area contributed by atoms with E-state index < -0.39 is 13.6 Å². The molecule has 0 saturated carbocycles. The van der Waals surface area contributed by atoms with E-state index in [2.05, 4.69) is 25.0 Å². The van der Waals surface area contributed by atoms with Gasteiger partial charge in [0.15, 0.2) is 0 Å². The zero-order valence-electron chi connectivity index (χ0n) is 15.1. The lowest BCUT2D eigenvalue weighted by molar-refractivity contribution is -0.122. The van der Waals surface area contributed by atoms with Crippen LogP contribution in [0.5, 0.6) is 0 Å². The Labute approximate surface area is 137 Å². The molecule has 0 radical (unpaired) electrons. The highest BCUT2D eigenvalue weighted by molar-refractivity contribution is 6.76. The van der Waals surface area contributed by atoms with Gasteiger partial charge < -0.3 is 15.5 Å². The third kappa shape index (κ3) is 11.2. The molecule has 3 N–H and O–H groups in total. The number of carbonyl (C=O) groups is 1. The van der Waals surface area contributed by atoms with Crippen LogP contribution in [0.4, 0.5) is 0 Å². The SMILES string of the molecule is CC(=O)NC(CO)(CO)CCCCCCCCC[Si](C)(C)C. The third-order valence-electron chi connectivity index (χ3n) is 4.13. The van der Waals surface area contributed by atoms with Crippen molar-refractivity contribution in [1.82, 2.24) is 5.32 Å². The minimum Gasteiger partial charge on any atom is -0.394 e. The fourth-order valence-electron chi connectivity index (χ4n) is 2.73. The lowest BCUT2D eigenvalue weighted by Crippen LogP contribution is -2.53. The van der Waals surface area contributed by atoms with Gasteiger partial charge in [-0.05, 0) is 6.42 Å². The first-order valence-electron chi connectivity index (χ1n) is 8.75. The molecule has 0 aromatic heterocycles. The summed E-state index contributed by atoms with van der Waals surface area (Å²) in [6, 6.07) is 1.43. The Morgan fingerprint density at radius 2 is 1.36 bits per heavy atom. The summed E-state index contributed by atoms with van der Waals surface area (Å²) in [6.07, 6.45) is 9.13. The molecule has 0 spiro atoms. The van der Waals surface area contributed by atoms with Gasteiger partial charge in [0.2, 0.25) is 5.91 Å². The van der Waals surface area contributed by atoms with E-state index in [0.29, 0.717) is 6.42 Å². The highest BCUT2D eigenvalue weighted by Crippen LogP contribution is 2.18. The molecule has 0 unspecified atom stereocenters. The molecule has 0 aliphatic rings. The van der Waals surface area contributed by atoms with Gasteiger partial charge in [-0.1, -0.05) is 70.6 Å². The smallest absolute Gasteiger partial charge is 0.217 e. The fourth-order valence-corrected chi connectivity index (χ4v) is 4.04. The summed E-state index contributed by atoms with van der Waals surface area (Å²) < 4.78 is 0. The van der Waals surface area contributed by atoms with Crippen molar-refractivity contribution in [3.05, 3.63) is 0 Å². The van der Waals surface area contributed by atoms with Crippen LogP contribution in [0.15, 0.2) is 0 Å². The molecule has 5 heteroatoms. The molecule has 0 aliphatic heterocycles. The lowest BCUT2D eigenvalue weighted by atomic mass is 9.93. The molecule has 0 atom stereocenters. The standard InChI is InChI=1S/C17H37NO3Si/c1-16(21)18-17(14-19,15-20)12-10-8-6-5-7-9-11-13-22(2,3)4/h19-20H,5-15H2,1-4H3,(H,18,21). The minimum atomic E-state index is -0.863. The Morgan fingerprint density at radius 3 is 1.77 bits per heavy atom. The van der Waals surface area contributed by atoms with E-state index in [1.165, 1.54) is 45.1 Å². The first-order valence-corrected chi connectivity index (χ1v) is 12.5. The second-order valence-corrected chi connectivity index (χ2v) is 13.4. The number of aliphatic hydroxyl groups excluding tert-OH is 2. The second kappa shape index (κ2) is 11.2. The Balaban J connectivity index is 3.68. The minimum absolute atomic E-state index is 0.203. The average Bonchev–Trinajstić information content (AvgIpc) is 2.42. The number of amides is 1. The van der Waals surface area contributed by atoms with Gasteiger partial charge >= 0.3 is 0 Å². The van der Waals surface area contributed by atoms with Gasteiger partial charge in [0.25, 0.3) is 0 Å². The van der Waals surface area contributed by atoms with Crippen LogP contribution < -0.4 is 5.32 Å². The van der Waals surface area contributed by atoms with E-state index in [4.69, 9.17) is 0 Å². The summed E-state index contributed by atoms with van der Waals surface area (Å²) in [5.74, 6) is -0.203. The molecule has 0 aromatic rings. The molecular formula is C17H37NO3Si. The van der Waals surface area contributed by atoms with Crippen molar-refractivity contribution in [2.45, 2.75) is 89.5 Å². The molecule has 0 heterocycles. The molecule has 0 saturated heterocycles. The van der Waals surface area contributed by atoms with Crippen molar-refractivity contribution in [2.24, 2.45) is 0 Å². The molecule has 1 amide bonds. The van der Waals surface area contributed by atoms with Crippen LogP contribution in [0.1, 0.15) is 58.3 Å². The topological polar surface area (TPSA) is 69.6 Å². The average molecular weight is 332 g/mol. The summed E-state index contributed by atoms with van der Waals surface area (Å²) in [7, 11) is -0.863. The van der Waals surface area contributed by atoms with Crippen LogP contribution in [-0.2, 0) is 4.79 Å². The quantitative estimate of drug-likeness (QED) is 0.358. The Kier molecular flexibility index (Phi) is 11.0. The molecule has 0 aromatic carbocycles. The maximum absolute atomic E-state index is 11.2. The van der Waals surface area contributed by atoms with Crippen LogP contribution in [0, 0.1) is 0 Å². The zero-order valence-corrected chi connectivity index (χ0v) is 16.1. The highest BCUT2D eigenvalue weighted by Gasteiger charge is 2.28. The third-order valence-corrected chi connectivity index (χ3v) is 5.98. The molecule has 0 aliphatic carbocycles. The molecule has 132 valence electrons. The predicted molar refractivity (Wildman–Crippen MR) is 95.8 cm³/mol. The van der Waals surface area contributed by atoms with Gasteiger partial charge in [-0.3, -0.25) is 4.79 Å². The maximum atomic E-state index is 11.2. The Morgan fingerprint density at radius 1 is 0.909 bits per heavy atom. The molecule has 0 bridgehead atoms. The number of carbonyl (C=O) groups excluding carboxylic acids is 1. The van der Waals surface area contributed by atoms with Crippen LogP contribution in [0.3, 0.4) is 0 Å². The first-order chi connectivity index (χ1) is 10.2. The largest absolute Gasteiger partial charge is 0.394 e. The number of hydrogen-bond acceptors (Lipinski definition) is 3. The Bertz CT molecular complexity index is 299. The second-order valence-electron chi connectivity index (χ2n) is 7.81. The van der Waals surface area contributed by atoms with E-state index in [-0.39, 0.29) is 19.1 Å². The van der Waals surface area contributed by atoms with Crippen molar-refractivity contribution < 1.29 is 15.0 Å². The van der Waals surface area contributed by atoms with Crippen molar-refractivity contribution >= 4 is 14.0 Å². The van der Waals surface area contributed by atoms with E-state index >= 15 is 0 Å². The Hall–Kier alpha value is -0.393. The number of unbranched alkanes of at least 4 members (excludes halogenated alkanes) is 6. The van der Waals surface area contributed by atoms with Gasteiger partial charge in [-0.25, -0.2) is 0 Å². The molecule has 0 fully saturated rings. The van der Waals surface area contributed by atoms with Crippen molar-refractivity contribution in [3.63, 3.8) is 0 Å². The summed E-state index contributed by atoms with van der Waals surface area (Å²) in [6.45, 7) is 8.28. The normalized spacial score (nSPS) is 12.5. The van der Waals surface area contributed by atoms with Gasteiger partial charge in [0, 0.05) is 15.0 Å². The predicted octanol–water partition coefficient (Wildman–Crippen LogP) is 3.30. The molecular weight excluding hydrogens is 294 g/mol. The summed E-state index contributed by atoms with van der Waals surface area (Å²) in [5.41, 5.74) is -0.844. The van der Waals surface area contributed by atoms with Crippen LogP contribution in [-0.4, -0.2) is 42.9 Å². The van der Waals surface area contributed by atoms with Gasteiger partial charge in [-0.15, -0.1) is 0 Å². The first kappa shape index (κ1) is 21.6. The zero-order chi connectivity index (χ0) is 17.1. The lowest BCUT2D eigenvalue weighted by Gasteiger charge is -2.30. The molecule has 0 rings (SSSR count). The van der Waals surface area contributed by atoms with Gasteiger partial charge in [0.05, 0.1) is 18.8 Å². The summed E-state index contributed by atoms with van der Waals surface area (Å²) in [5, 5.41) is 21.5. The summed E-state index contributed by atoms with van der Waals surface area (Å²) in [4.78, 5) is 11.2. The number of aliphatic hydroxyl groups is 2. The monoisotopic (exact) mass is 331 g/mol. The number of nitrogens with one attached hydrogen (secondary N) is 1. The molecule has 22 heavy (non-hydrogen) atoms. The maximum Gasteiger partial charge on any atom is 0.217 e. The fraction of sp³-hybridized carbons (Fsp3) is 0.941. The van der Waals surface area contributed by atoms with E-state index in [1.807, 2.05) is 0 Å². The van der Waals surface area contributed by atoms with E-state index in [1.54, 1.807) is 0 Å². The van der Waals surface area contributed by atoms with Crippen LogP contribution >= 0.6 is 0 Å². The van der Waals surface area contributed by atoms with E-state index in [0.717, 1.165) is 12.8 Å². The van der Waals surface area contributed by atoms with Gasteiger partial charge in [0.1, 0.15) is 0 Å².